The fourth-order valence-electron chi connectivity index (χ4n) is 0.909. The predicted molar refractivity (Wildman–Crippen MR) is 49.6 cm³/mol. The monoisotopic (exact) mass is 200 g/mol. The van der Waals surface area contributed by atoms with Gasteiger partial charge in [0.15, 0.2) is 0 Å². The van der Waals surface area contributed by atoms with Crippen LogP contribution < -0.4 is 0 Å². The van der Waals surface area contributed by atoms with Crippen LogP contribution in [0.25, 0.3) is 0 Å². The van der Waals surface area contributed by atoms with Crippen molar-refractivity contribution in [1.82, 2.24) is 0 Å². The Morgan fingerprint density at radius 3 is 2.21 bits per heavy atom. The zero-order chi connectivity index (χ0) is 10.8. The first-order chi connectivity index (χ1) is 6.37. The van der Waals surface area contributed by atoms with Crippen molar-refractivity contribution in [2.75, 3.05) is 0 Å². The molecule has 0 bridgehead atoms. The second kappa shape index (κ2) is 3.98. The Morgan fingerprint density at radius 1 is 1.21 bits per heavy atom. The van der Waals surface area contributed by atoms with E-state index < -0.39 is 17.5 Å². The summed E-state index contributed by atoms with van der Waals surface area (Å²) in [6, 6.07) is 0. The van der Waals surface area contributed by atoms with Gasteiger partial charge >= 0.3 is 11.9 Å². The molecule has 0 spiro atoms. The summed E-state index contributed by atoms with van der Waals surface area (Å²) in [6.07, 6.45) is 1.60. The molecule has 1 rings (SSSR count). The van der Waals surface area contributed by atoms with E-state index >= 15 is 0 Å². The van der Waals surface area contributed by atoms with Crippen molar-refractivity contribution >= 4 is 11.9 Å². The normalized spacial score (nSPS) is 16.2. The van der Waals surface area contributed by atoms with Crippen molar-refractivity contribution in [2.24, 2.45) is 0 Å². The number of rotatable bonds is 3. The van der Waals surface area contributed by atoms with Gasteiger partial charge in [-0.2, -0.15) is 0 Å². The lowest BCUT2D eigenvalue weighted by molar-refractivity contribution is -0.162. The fraction of sp³-hybridized carbons (Fsp3) is 0.800. The largest absolute Gasteiger partial charge is 0.462 e. The summed E-state index contributed by atoms with van der Waals surface area (Å²) in [7, 11) is 0. The smallest absolute Gasteiger partial charge is 0.317 e. The minimum absolute atomic E-state index is 0.0462. The summed E-state index contributed by atoms with van der Waals surface area (Å²) >= 11 is 0. The molecule has 0 amide bonds. The molecule has 1 saturated carbocycles. The van der Waals surface area contributed by atoms with E-state index in [2.05, 4.69) is 0 Å². The van der Waals surface area contributed by atoms with Crippen molar-refractivity contribution in [1.29, 1.82) is 0 Å². The molecule has 0 aromatic carbocycles. The number of ether oxygens (including phenoxy) is 2. The molecule has 4 nitrogen and oxygen atoms in total. The third-order valence-electron chi connectivity index (χ3n) is 1.53. The first kappa shape index (κ1) is 11.0. The highest BCUT2D eigenvalue weighted by Crippen LogP contribution is 2.24. The molecule has 14 heavy (non-hydrogen) atoms. The van der Waals surface area contributed by atoms with Crippen LogP contribution in [0.3, 0.4) is 0 Å². The highest BCUT2D eigenvalue weighted by Gasteiger charge is 2.27. The van der Waals surface area contributed by atoms with Crippen molar-refractivity contribution in [3.05, 3.63) is 0 Å². The molecule has 1 aliphatic rings. The molecule has 0 aromatic rings. The molecule has 0 unspecified atom stereocenters. The van der Waals surface area contributed by atoms with Gasteiger partial charge in [-0.05, 0) is 33.6 Å². The zero-order valence-corrected chi connectivity index (χ0v) is 8.83. The van der Waals surface area contributed by atoms with E-state index in [0.29, 0.717) is 0 Å². The average molecular weight is 200 g/mol. The van der Waals surface area contributed by atoms with Crippen LogP contribution in [0, 0.1) is 0 Å². The van der Waals surface area contributed by atoms with Gasteiger partial charge in [-0.25, -0.2) is 0 Å². The van der Waals surface area contributed by atoms with E-state index in [-0.39, 0.29) is 12.5 Å². The van der Waals surface area contributed by atoms with E-state index in [4.69, 9.17) is 9.47 Å². The predicted octanol–water partition coefficient (Wildman–Crippen LogP) is 1.42. The number of hydrogen-bond donors (Lipinski definition) is 0. The highest BCUT2D eigenvalue weighted by atomic mass is 16.6. The molecule has 4 heteroatoms. The number of hydrogen-bond acceptors (Lipinski definition) is 4. The number of carbonyl (C=O) groups excluding carboxylic acids is 2. The summed E-state index contributed by atoms with van der Waals surface area (Å²) < 4.78 is 9.88. The van der Waals surface area contributed by atoms with Crippen LogP contribution in [-0.2, 0) is 19.1 Å². The average Bonchev–Trinajstić information content (AvgIpc) is 2.64. The van der Waals surface area contributed by atoms with Crippen LogP contribution in [0.1, 0.15) is 40.0 Å². The molecule has 0 saturated heterocycles. The molecule has 0 aromatic heterocycles. The van der Waals surface area contributed by atoms with Gasteiger partial charge in [0.1, 0.15) is 18.1 Å². The van der Waals surface area contributed by atoms with E-state index in [9.17, 15) is 9.59 Å². The van der Waals surface area contributed by atoms with Gasteiger partial charge in [0.25, 0.3) is 0 Å². The first-order valence-electron chi connectivity index (χ1n) is 4.78. The molecular weight excluding hydrogens is 184 g/mol. The maximum Gasteiger partial charge on any atom is 0.317 e. The molecule has 0 heterocycles. The summed E-state index contributed by atoms with van der Waals surface area (Å²) in [5.41, 5.74) is -0.545. The Kier molecular flexibility index (Phi) is 3.13. The van der Waals surface area contributed by atoms with Crippen LogP contribution in [0.4, 0.5) is 0 Å². The van der Waals surface area contributed by atoms with Crippen LogP contribution in [-0.4, -0.2) is 23.6 Å². The molecule has 1 fully saturated rings. The lowest BCUT2D eigenvalue weighted by Crippen LogP contribution is -2.26. The minimum atomic E-state index is -0.545. The second-order valence-corrected chi connectivity index (χ2v) is 4.45. The zero-order valence-electron chi connectivity index (χ0n) is 8.83. The topological polar surface area (TPSA) is 52.6 Å². The summed E-state index contributed by atoms with van der Waals surface area (Å²) in [4.78, 5) is 22.2. The Hall–Kier alpha value is -1.06. The Morgan fingerprint density at radius 2 is 1.79 bits per heavy atom. The Bertz CT molecular complexity index is 235. The van der Waals surface area contributed by atoms with Crippen LogP contribution in [0.15, 0.2) is 0 Å². The quantitative estimate of drug-likeness (QED) is 0.510. The highest BCUT2D eigenvalue weighted by molar-refractivity contribution is 5.91. The van der Waals surface area contributed by atoms with Crippen molar-refractivity contribution < 1.29 is 19.1 Å². The van der Waals surface area contributed by atoms with Gasteiger partial charge in [0.2, 0.25) is 0 Å². The number of carbonyl (C=O) groups is 2. The van der Waals surface area contributed by atoms with Gasteiger partial charge in [-0.3, -0.25) is 9.59 Å². The summed E-state index contributed by atoms with van der Waals surface area (Å²) in [5.74, 6) is -1.01. The molecule has 80 valence electrons. The maximum absolute atomic E-state index is 11.1. The molecule has 0 atom stereocenters. The minimum Gasteiger partial charge on any atom is -0.462 e. The van der Waals surface area contributed by atoms with E-state index in [1.54, 1.807) is 20.8 Å². The number of esters is 2. The molecule has 1 aliphatic carbocycles. The van der Waals surface area contributed by atoms with Crippen molar-refractivity contribution in [3.8, 4) is 0 Å². The lowest BCUT2D eigenvalue weighted by Gasteiger charge is -2.18. The fourth-order valence-corrected chi connectivity index (χ4v) is 0.909. The van der Waals surface area contributed by atoms with Gasteiger partial charge in [-0.1, -0.05) is 0 Å². The molecule has 0 aliphatic heterocycles. The Balaban J connectivity index is 2.21. The second-order valence-electron chi connectivity index (χ2n) is 4.45. The lowest BCUT2D eigenvalue weighted by atomic mass is 10.2. The SMILES string of the molecule is CC(C)(C)OC(=O)CC(=O)OC1CC1. The van der Waals surface area contributed by atoms with Gasteiger partial charge in [0.05, 0.1) is 0 Å². The first-order valence-corrected chi connectivity index (χ1v) is 4.78. The summed E-state index contributed by atoms with van der Waals surface area (Å²) in [5, 5.41) is 0. The van der Waals surface area contributed by atoms with Crippen molar-refractivity contribution in [3.63, 3.8) is 0 Å². The third-order valence-corrected chi connectivity index (χ3v) is 1.53. The maximum atomic E-state index is 11.1. The van der Waals surface area contributed by atoms with Gasteiger partial charge in [0, 0.05) is 0 Å². The van der Waals surface area contributed by atoms with Crippen molar-refractivity contribution in [2.45, 2.75) is 51.7 Å². The van der Waals surface area contributed by atoms with E-state index in [0.717, 1.165) is 12.8 Å². The van der Waals surface area contributed by atoms with Crippen LogP contribution in [0.5, 0.6) is 0 Å². The molecule has 0 N–H and O–H groups in total. The van der Waals surface area contributed by atoms with E-state index in [1.165, 1.54) is 0 Å². The summed E-state index contributed by atoms with van der Waals surface area (Å²) in [6.45, 7) is 5.28. The van der Waals surface area contributed by atoms with Crippen LogP contribution >= 0.6 is 0 Å². The third kappa shape index (κ3) is 4.84. The van der Waals surface area contributed by atoms with Gasteiger partial charge in [-0.15, -0.1) is 0 Å². The van der Waals surface area contributed by atoms with Gasteiger partial charge < -0.3 is 9.47 Å². The molecule has 0 radical (unpaired) electrons. The Labute approximate surface area is 83.6 Å². The molecular formula is C10H16O4. The van der Waals surface area contributed by atoms with Crippen LogP contribution in [0.2, 0.25) is 0 Å². The van der Waals surface area contributed by atoms with E-state index in [1.807, 2.05) is 0 Å². The standard InChI is InChI=1S/C10H16O4/c1-10(2,3)14-9(12)6-8(11)13-7-4-5-7/h7H,4-6H2,1-3H3.